The maximum atomic E-state index is 11.6. The van der Waals surface area contributed by atoms with Crippen molar-refractivity contribution in [3.63, 3.8) is 0 Å². The highest BCUT2D eigenvalue weighted by molar-refractivity contribution is 5.86. The van der Waals surface area contributed by atoms with Gasteiger partial charge < -0.3 is 16.2 Å². The Hall–Kier alpha value is -1.96. The van der Waals surface area contributed by atoms with Crippen LogP contribution in [0, 0.1) is 0 Å². The molecule has 0 saturated carbocycles. The van der Waals surface area contributed by atoms with Crippen molar-refractivity contribution in [3.05, 3.63) is 11.9 Å². The molecule has 0 aliphatic carbocycles. The normalized spacial score (nSPS) is 12.1. The Morgan fingerprint density at radius 2 is 2.13 bits per heavy atom. The second kappa shape index (κ2) is 10.7. The van der Waals surface area contributed by atoms with Gasteiger partial charge in [-0.2, -0.15) is 0 Å². The van der Waals surface area contributed by atoms with Gasteiger partial charge in [0, 0.05) is 19.2 Å². The molecule has 1 rings (SSSR count). The standard InChI is InChI=1S/C15H27N5O3/c1-2-3-7-12-10-20(19-18-12)9-6-4-5-8-14(22)17-13(11-21)15(16)23/h10,13,21H,2-9,11H2,1H3,(H2,16,23)(H,17,22)/t13-/m0/s1. The van der Waals surface area contributed by atoms with E-state index in [0.717, 1.165) is 44.3 Å². The molecule has 0 spiro atoms. The van der Waals surface area contributed by atoms with Gasteiger partial charge in [-0.15, -0.1) is 5.10 Å². The van der Waals surface area contributed by atoms with Crippen molar-refractivity contribution in [3.8, 4) is 0 Å². The molecular formula is C15H27N5O3. The number of rotatable bonds is 12. The number of aliphatic hydroxyl groups excluding tert-OH is 1. The van der Waals surface area contributed by atoms with Gasteiger partial charge in [-0.05, 0) is 25.7 Å². The topological polar surface area (TPSA) is 123 Å². The number of unbranched alkanes of at least 4 members (excludes halogenated alkanes) is 3. The number of nitrogens with zero attached hydrogens (tertiary/aromatic N) is 3. The Morgan fingerprint density at radius 1 is 1.35 bits per heavy atom. The van der Waals surface area contributed by atoms with Crippen LogP contribution >= 0.6 is 0 Å². The number of hydrogen-bond acceptors (Lipinski definition) is 5. The average Bonchev–Trinajstić information content (AvgIpc) is 2.97. The molecule has 0 radical (unpaired) electrons. The summed E-state index contributed by atoms with van der Waals surface area (Å²) in [5.41, 5.74) is 6.06. The summed E-state index contributed by atoms with van der Waals surface area (Å²) in [6, 6.07) is -1.00. The van der Waals surface area contributed by atoms with Crippen LogP contribution in [0.2, 0.25) is 0 Å². The predicted molar refractivity (Wildman–Crippen MR) is 85.3 cm³/mol. The molecule has 0 unspecified atom stereocenters. The van der Waals surface area contributed by atoms with Gasteiger partial charge in [0.1, 0.15) is 6.04 Å². The summed E-state index contributed by atoms with van der Waals surface area (Å²) < 4.78 is 1.83. The van der Waals surface area contributed by atoms with Crippen molar-refractivity contribution >= 4 is 11.8 Å². The van der Waals surface area contributed by atoms with Crippen molar-refractivity contribution in [1.82, 2.24) is 20.3 Å². The number of carbonyl (C=O) groups excluding carboxylic acids is 2. The summed E-state index contributed by atoms with van der Waals surface area (Å²) in [5.74, 6) is -1.00. The quantitative estimate of drug-likeness (QED) is 0.472. The molecule has 0 saturated heterocycles. The number of aliphatic hydroxyl groups is 1. The first-order valence-electron chi connectivity index (χ1n) is 8.15. The van der Waals surface area contributed by atoms with Crippen molar-refractivity contribution in [1.29, 1.82) is 0 Å². The van der Waals surface area contributed by atoms with E-state index in [2.05, 4.69) is 22.6 Å². The van der Waals surface area contributed by atoms with E-state index in [9.17, 15) is 9.59 Å². The van der Waals surface area contributed by atoms with Gasteiger partial charge in [-0.1, -0.05) is 25.0 Å². The maximum Gasteiger partial charge on any atom is 0.242 e. The molecule has 8 nitrogen and oxygen atoms in total. The third-order valence-corrected chi connectivity index (χ3v) is 3.52. The molecule has 4 N–H and O–H groups in total. The van der Waals surface area contributed by atoms with Gasteiger partial charge in [0.05, 0.1) is 12.3 Å². The minimum Gasteiger partial charge on any atom is -0.394 e. The van der Waals surface area contributed by atoms with Crippen LogP contribution in [0.25, 0.3) is 0 Å². The molecular weight excluding hydrogens is 298 g/mol. The number of amides is 2. The Kier molecular flexibility index (Phi) is 8.89. The van der Waals surface area contributed by atoms with Gasteiger partial charge in [0.2, 0.25) is 11.8 Å². The number of nitrogens with one attached hydrogen (secondary N) is 1. The van der Waals surface area contributed by atoms with Crippen LogP contribution in [0.15, 0.2) is 6.20 Å². The van der Waals surface area contributed by atoms with Gasteiger partial charge in [0.25, 0.3) is 0 Å². The number of nitrogens with two attached hydrogens (primary N) is 1. The average molecular weight is 325 g/mol. The molecule has 23 heavy (non-hydrogen) atoms. The largest absolute Gasteiger partial charge is 0.394 e. The zero-order valence-corrected chi connectivity index (χ0v) is 13.7. The minimum atomic E-state index is -1.00. The summed E-state index contributed by atoms with van der Waals surface area (Å²) in [5, 5.41) is 19.5. The van der Waals surface area contributed by atoms with E-state index in [4.69, 9.17) is 10.8 Å². The molecule has 0 fully saturated rings. The van der Waals surface area contributed by atoms with E-state index < -0.39 is 18.6 Å². The Labute approximate surface area is 136 Å². The first kappa shape index (κ1) is 19.1. The van der Waals surface area contributed by atoms with E-state index in [1.165, 1.54) is 0 Å². The molecule has 1 aromatic rings. The fraction of sp³-hybridized carbons (Fsp3) is 0.733. The Morgan fingerprint density at radius 3 is 2.78 bits per heavy atom. The van der Waals surface area contributed by atoms with E-state index in [1.54, 1.807) is 0 Å². The third kappa shape index (κ3) is 7.73. The van der Waals surface area contributed by atoms with Crippen LogP contribution < -0.4 is 11.1 Å². The number of aryl methyl sites for hydroxylation is 2. The smallest absolute Gasteiger partial charge is 0.242 e. The number of hydrogen-bond donors (Lipinski definition) is 3. The van der Waals surface area contributed by atoms with Gasteiger partial charge in [-0.25, -0.2) is 0 Å². The molecule has 130 valence electrons. The van der Waals surface area contributed by atoms with Crippen molar-refractivity contribution < 1.29 is 14.7 Å². The molecule has 1 aromatic heterocycles. The fourth-order valence-electron chi connectivity index (χ4n) is 2.13. The predicted octanol–water partition coefficient (Wildman–Crippen LogP) is 0.144. The highest BCUT2D eigenvalue weighted by Gasteiger charge is 2.16. The highest BCUT2D eigenvalue weighted by atomic mass is 16.3. The molecule has 1 heterocycles. The second-order valence-corrected chi connectivity index (χ2v) is 5.59. The van der Waals surface area contributed by atoms with E-state index in [0.29, 0.717) is 12.8 Å². The molecule has 0 bridgehead atoms. The highest BCUT2D eigenvalue weighted by Crippen LogP contribution is 2.04. The number of aromatic nitrogens is 3. The summed E-state index contributed by atoms with van der Waals surface area (Å²) >= 11 is 0. The van der Waals surface area contributed by atoms with E-state index in [1.807, 2.05) is 10.9 Å². The first-order valence-corrected chi connectivity index (χ1v) is 8.15. The maximum absolute atomic E-state index is 11.6. The lowest BCUT2D eigenvalue weighted by molar-refractivity contribution is -0.128. The van der Waals surface area contributed by atoms with Crippen molar-refractivity contribution in [2.24, 2.45) is 5.73 Å². The van der Waals surface area contributed by atoms with Crippen LogP contribution in [0.1, 0.15) is 51.1 Å². The monoisotopic (exact) mass is 325 g/mol. The SMILES string of the molecule is CCCCc1cn(CCCCCC(=O)N[C@@H](CO)C(N)=O)nn1. The van der Waals surface area contributed by atoms with Gasteiger partial charge in [-0.3, -0.25) is 14.3 Å². The van der Waals surface area contributed by atoms with Gasteiger partial charge >= 0.3 is 0 Å². The molecule has 0 aromatic carbocycles. The molecule has 0 aliphatic heterocycles. The van der Waals surface area contributed by atoms with Crippen LogP contribution in [0.4, 0.5) is 0 Å². The summed E-state index contributed by atoms with van der Waals surface area (Å²) in [6.45, 7) is 2.45. The molecule has 2 amide bonds. The number of primary amides is 1. The van der Waals surface area contributed by atoms with Crippen LogP contribution in [-0.4, -0.2) is 44.6 Å². The Bertz CT molecular complexity index is 489. The zero-order valence-electron chi connectivity index (χ0n) is 13.7. The zero-order chi connectivity index (χ0) is 17.1. The lowest BCUT2D eigenvalue weighted by Gasteiger charge is -2.12. The third-order valence-electron chi connectivity index (χ3n) is 3.52. The number of carbonyl (C=O) groups is 2. The van der Waals surface area contributed by atoms with Crippen LogP contribution in [-0.2, 0) is 22.6 Å². The first-order chi connectivity index (χ1) is 11.1. The van der Waals surface area contributed by atoms with Gasteiger partial charge in [0.15, 0.2) is 0 Å². The van der Waals surface area contributed by atoms with E-state index >= 15 is 0 Å². The summed E-state index contributed by atoms with van der Waals surface area (Å²) in [6.07, 6.45) is 7.99. The van der Waals surface area contributed by atoms with E-state index in [-0.39, 0.29) is 5.91 Å². The van der Waals surface area contributed by atoms with Crippen LogP contribution in [0.5, 0.6) is 0 Å². The Balaban J connectivity index is 2.14. The lowest BCUT2D eigenvalue weighted by Crippen LogP contribution is -2.46. The second-order valence-electron chi connectivity index (χ2n) is 5.59. The molecule has 0 aliphatic rings. The molecule has 1 atom stereocenters. The summed E-state index contributed by atoms with van der Waals surface area (Å²) in [7, 11) is 0. The summed E-state index contributed by atoms with van der Waals surface area (Å²) in [4.78, 5) is 22.5. The fourth-order valence-corrected chi connectivity index (χ4v) is 2.13. The minimum absolute atomic E-state index is 0.273. The molecule has 8 heteroatoms. The lowest BCUT2D eigenvalue weighted by atomic mass is 10.1. The van der Waals surface area contributed by atoms with Crippen molar-refractivity contribution in [2.45, 2.75) is 64.5 Å². The van der Waals surface area contributed by atoms with Crippen molar-refractivity contribution in [2.75, 3.05) is 6.61 Å². The van der Waals surface area contributed by atoms with Crippen LogP contribution in [0.3, 0.4) is 0 Å².